The molecule has 110 valence electrons. The highest BCUT2D eigenvalue weighted by molar-refractivity contribution is 5.89. The van der Waals surface area contributed by atoms with E-state index in [0.29, 0.717) is 6.54 Å². The maximum absolute atomic E-state index is 11.4. The van der Waals surface area contributed by atoms with E-state index in [9.17, 15) is 9.59 Å². The molecule has 0 spiro atoms. The predicted molar refractivity (Wildman–Crippen MR) is 77.0 cm³/mol. The Bertz CT molecular complexity index is 277. The van der Waals surface area contributed by atoms with Crippen molar-refractivity contribution in [2.45, 2.75) is 58.3 Å². The van der Waals surface area contributed by atoms with Gasteiger partial charge in [-0.1, -0.05) is 58.4 Å². The zero-order valence-corrected chi connectivity index (χ0v) is 12.1. The largest absolute Gasteiger partial charge is 0.480 e. The summed E-state index contributed by atoms with van der Waals surface area (Å²) in [5, 5.41) is 8.72. The molecule has 1 amide bonds. The first-order valence-corrected chi connectivity index (χ1v) is 7.25. The third-order valence-corrected chi connectivity index (χ3v) is 3.09. The molecule has 0 aliphatic carbocycles. The molecule has 0 aliphatic rings. The van der Waals surface area contributed by atoms with Crippen LogP contribution in [-0.4, -0.2) is 35.0 Å². The highest BCUT2D eigenvalue weighted by Gasteiger charge is 2.12. The number of rotatable bonds is 12. The molecule has 0 radical (unpaired) electrons. The number of carbonyl (C=O) groups is 2. The third-order valence-electron chi connectivity index (χ3n) is 3.09. The van der Waals surface area contributed by atoms with Gasteiger partial charge in [-0.2, -0.15) is 0 Å². The van der Waals surface area contributed by atoms with Crippen molar-refractivity contribution in [1.29, 1.82) is 0 Å². The summed E-state index contributed by atoms with van der Waals surface area (Å²) in [5.41, 5.74) is 0. The number of unbranched alkanes of at least 4 members (excludes halogenated alkanes) is 7. The minimum absolute atomic E-state index is 0.235. The Kier molecular flexibility index (Phi) is 10.9. The standard InChI is InChI=1S/C15H27NO3/c1-3-5-6-7-8-9-10-11-12-16(13-15(18)19)14(17)4-2/h4H,2-3,5-13H2,1H3,(H,18,19). The predicted octanol–water partition coefficient (Wildman–Crippen LogP) is 3.23. The summed E-state index contributed by atoms with van der Waals surface area (Å²) in [6.07, 6.45) is 10.6. The van der Waals surface area contributed by atoms with Gasteiger partial charge >= 0.3 is 5.97 Å². The molecule has 0 heterocycles. The third kappa shape index (κ3) is 10.3. The summed E-state index contributed by atoms with van der Waals surface area (Å²) in [6, 6.07) is 0. The highest BCUT2D eigenvalue weighted by Crippen LogP contribution is 2.09. The molecule has 0 atom stereocenters. The molecule has 19 heavy (non-hydrogen) atoms. The van der Waals surface area contributed by atoms with Crippen LogP contribution in [0.2, 0.25) is 0 Å². The summed E-state index contributed by atoms with van der Waals surface area (Å²) >= 11 is 0. The van der Waals surface area contributed by atoms with Gasteiger partial charge in [-0.05, 0) is 12.5 Å². The van der Waals surface area contributed by atoms with Crippen LogP contribution in [0.25, 0.3) is 0 Å². The van der Waals surface area contributed by atoms with Crippen LogP contribution in [0.1, 0.15) is 58.3 Å². The maximum atomic E-state index is 11.4. The molecule has 4 nitrogen and oxygen atoms in total. The lowest BCUT2D eigenvalue weighted by molar-refractivity contribution is -0.142. The molecule has 0 aliphatic heterocycles. The molecule has 4 heteroatoms. The first kappa shape index (κ1) is 17.7. The number of carboxylic acid groups (broad SMARTS) is 1. The molecule has 0 fully saturated rings. The van der Waals surface area contributed by atoms with Gasteiger partial charge in [0.1, 0.15) is 6.54 Å². The van der Waals surface area contributed by atoms with Crippen LogP contribution in [0.5, 0.6) is 0 Å². The number of amides is 1. The fraction of sp³-hybridized carbons (Fsp3) is 0.733. The smallest absolute Gasteiger partial charge is 0.323 e. The van der Waals surface area contributed by atoms with Crippen LogP contribution in [-0.2, 0) is 9.59 Å². The lowest BCUT2D eigenvalue weighted by Gasteiger charge is -2.18. The maximum Gasteiger partial charge on any atom is 0.323 e. The molecule has 0 aromatic rings. The molecule has 0 bridgehead atoms. The summed E-state index contributed by atoms with van der Waals surface area (Å²) in [4.78, 5) is 23.4. The van der Waals surface area contributed by atoms with Crippen molar-refractivity contribution in [2.24, 2.45) is 0 Å². The topological polar surface area (TPSA) is 57.6 Å². The Morgan fingerprint density at radius 1 is 1.05 bits per heavy atom. The van der Waals surface area contributed by atoms with Gasteiger partial charge in [0, 0.05) is 6.54 Å². The molecule has 0 saturated carbocycles. The normalized spacial score (nSPS) is 10.2. The highest BCUT2D eigenvalue weighted by atomic mass is 16.4. The molecule has 0 rings (SSSR count). The van der Waals surface area contributed by atoms with E-state index in [4.69, 9.17) is 5.11 Å². The van der Waals surface area contributed by atoms with Crippen LogP contribution in [0, 0.1) is 0 Å². The molecule has 0 saturated heterocycles. The second-order valence-electron chi connectivity index (χ2n) is 4.83. The SMILES string of the molecule is C=CC(=O)N(CCCCCCCCCC)CC(=O)O. The van der Waals surface area contributed by atoms with E-state index in [1.54, 1.807) is 0 Å². The lowest BCUT2D eigenvalue weighted by Crippen LogP contribution is -2.35. The van der Waals surface area contributed by atoms with Gasteiger partial charge in [-0.25, -0.2) is 0 Å². The quantitative estimate of drug-likeness (QED) is 0.437. The van der Waals surface area contributed by atoms with Crippen molar-refractivity contribution in [3.05, 3.63) is 12.7 Å². The van der Waals surface area contributed by atoms with Gasteiger partial charge < -0.3 is 10.0 Å². The van der Waals surface area contributed by atoms with Crippen molar-refractivity contribution < 1.29 is 14.7 Å². The summed E-state index contributed by atoms with van der Waals surface area (Å²) in [6.45, 7) is 5.86. The van der Waals surface area contributed by atoms with Crippen LogP contribution in [0.15, 0.2) is 12.7 Å². The molecule has 1 N–H and O–H groups in total. The Labute approximate surface area is 116 Å². The van der Waals surface area contributed by atoms with Gasteiger partial charge in [-0.15, -0.1) is 0 Å². The zero-order valence-electron chi connectivity index (χ0n) is 12.1. The zero-order chi connectivity index (χ0) is 14.5. The fourth-order valence-corrected chi connectivity index (χ4v) is 2.00. The minimum Gasteiger partial charge on any atom is -0.480 e. The Morgan fingerprint density at radius 3 is 2.05 bits per heavy atom. The van der Waals surface area contributed by atoms with Gasteiger partial charge in [0.05, 0.1) is 0 Å². The Morgan fingerprint density at radius 2 is 1.58 bits per heavy atom. The average Bonchev–Trinajstić information content (AvgIpc) is 2.39. The van der Waals surface area contributed by atoms with Crippen LogP contribution < -0.4 is 0 Å². The van der Waals surface area contributed by atoms with Gasteiger partial charge in [0.15, 0.2) is 0 Å². The van der Waals surface area contributed by atoms with Crippen LogP contribution >= 0.6 is 0 Å². The molecular formula is C15H27NO3. The lowest BCUT2D eigenvalue weighted by atomic mass is 10.1. The number of nitrogens with zero attached hydrogens (tertiary/aromatic N) is 1. The minimum atomic E-state index is -0.977. The fourth-order valence-electron chi connectivity index (χ4n) is 2.00. The van der Waals surface area contributed by atoms with E-state index in [1.165, 1.54) is 43.1 Å². The van der Waals surface area contributed by atoms with E-state index in [1.807, 2.05) is 0 Å². The van der Waals surface area contributed by atoms with E-state index >= 15 is 0 Å². The monoisotopic (exact) mass is 269 g/mol. The van der Waals surface area contributed by atoms with Gasteiger partial charge in [0.2, 0.25) is 5.91 Å². The van der Waals surface area contributed by atoms with Crippen molar-refractivity contribution in [3.63, 3.8) is 0 Å². The summed E-state index contributed by atoms with van der Waals surface area (Å²) in [5.74, 6) is -1.28. The van der Waals surface area contributed by atoms with Gasteiger partial charge in [-0.3, -0.25) is 9.59 Å². The Hall–Kier alpha value is -1.32. The first-order chi connectivity index (χ1) is 9.11. The average molecular weight is 269 g/mol. The molecular weight excluding hydrogens is 242 g/mol. The van der Waals surface area contributed by atoms with Crippen LogP contribution in [0.3, 0.4) is 0 Å². The molecule has 0 aromatic heterocycles. The molecule has 0 unspecified atom stereocenters. The second-order valence-corrected chi connectivity index (χ2v) is 4.83. The van der Waals surface area contributed by atoms with Crippen molar-refractivity contribution >= 4 is 11.9 Å². The van der Waals surface area contributed by atoms with E-state index in [-0.39, 0.29) is 12.5 Å². The second kappa shape index (κ2) is 11.8. The summed E-state index contributed by atoms with van der Waals surface area (Å²) in [7, 11) is 0. The number of hydrogen-bond acceptors (Lipinski definition) is 2. The van der Waals surface area contributed by atoms with Crippen molar-refractivity contribution in [3.8, 4) is 0 Å². The number of hydrogen-bond donors (Lipinski definition) is 1. The van der Waals surface area contributed by atoms with E-state index in [2.05, 4.69) is 13.5 Å². The van der Waals surface area contributed by atoms with E-state index < -0.39 is 5.97 Å². The Balaban J connectivity index is 3.66. The number of carboxylic acids is 1. The molecule has 0 aromatic carbocycles. The number of carbonyl (C=O) groups excluding carboxylic acids is 1. The summed E-state index contributed by atoms with van der Waals surface area (Å²) < 4.78 is 0. The first-order valence-electron chi connectivity index (χ1n) is 7.25. The van der Waals surface area contributed by atoms with Crippen LogP contribution in [0.4, 0.5) is 0 Å². The van der Waals surface area contributed by atoms with E-state index in [0.717, 1.165) is 19.3 Å². The number of aliphatic carboxylic acids is 1. The van der Waals surface area contributed by atoms with Gasteiger partial charge in [0.25, 0.3) is 0 Å². The van der Waals surface area contributed by atoms with Crippen molar-refractivity contribution in [1.82, 2.24) is 4.90 Å². The van der Waals surface area contributed by atoms with Crippen molar-refractivity contribution in [2.75, 3.05) is 13.1 Å².